The molecule has 124 valence electrons. The van der Waals surface area contributed by atoms with Gasteiger partial charge in [0.05, 0.1) is 12.2 Å². The Hall–Kier alpha value is -2.02. The van der Waals surface area contributed by atoms with Gasteiger partial charge in [0.25, 0.3) is 0 Å². The van der Waals surface area contributed by atoms with Gasteiger partial charge in [0.15, 0.2) is 5.96 Å². The number of rotatable bonds is 5. The Morgan fingerprint density at radius 3 is 2.65 bits per heavy atom. The molecule has 2 rings (SSSR count). The van der Waals surface area contributed by atoms with Gasteiger partial charge < -0.3 is 10.6 Å². The highest BCUT2D eigenvalue weighted by Crippen LogP contribution is 2.15. The topological polar surface area (TPSA) is 49.3 Å². The van der Waals surface area contributed by atoms with Crippen LogP contribution >= 0.6 is 11.3 Å². The first-order valence-corrected chi connectivity index (χ1v) is 8.12. The Labute approximate surface area is 138 Å². The van der Waals surface area contributed by atoms with Gasteiger partial charge in [-0.2, -0.15) is 0 Å². The van der Waals surface area contributed by atoms with E-state index >= 15 is 0 Å². The third-order valence-electron chi connectivity index (χ3n) is 3.41. The molecule has 0 radical (unpaired) electrons. The second-order valence-corrected chi connectivity index (χ2v) is 6.38. The first-order valence-electron chi connectivity index (χ1n) is 7.31. The van der Waals surface area contributed by atoms with E-state index in [-0.39, 0.29) is 0 Å². The largest absolute Gasteiger partial charge is 0.356 e. The minimum Gasteiger partial charge on any atom is -0.356 e. The van der Waals surface area contributed by atoms with Crippen LogP contribution in [0, 0.1) is 25.5 Å². The Morgan fingerprint density at radius 1 is 1.26 bits per heavy atom. The van der Waals surface area contributed by atoms with Crippen LogP contribution in [0.1, 0.15) is 21.1 Å². The van der Waals surface area contributed by atoms with Gasteiger partial charge in [-0.3, -0.25) is 4.99 Å². The van der Waals surface area contributed by atoms with Crippen molar-refractivity contribution in [1.82, 2.24) is 15.6 Å². The molecule has 0 unspecified atom stereocenters. The van der Waals surface area contributed by atoms with Crippen molar-refractivity contribution in [1.29, 1.82) is 0 Å². The number of aliphatic imine (C=N–C) groups is 1. The quantitative estimate of drug-likeness (QED) is 0.651. The van der Waals surface area contributed by atoms with Crippen LogP contribution in [0.3, 0.4) is 0 Å². The summed E-state index contributed by atoms with van der Waals surface area (Å²) >= 11 is 1.65. The van der Waals surface area contributed by atoms with Crippen molar-refractivity contribution in [3.05, 3.63) is 51.0 Å². The molecule has 7 heteroatoms. The molecule has 0 saturated heterocycles. The van der Waals surface area contributed by atoms with Gasteiger partial charge in [-0.05, 0) is 31.9 Å². The number of hydrogen-bond acceptors (Lipinski definition) is 3. The second-order valence-electron chi connectivity index (χ2n) is 5.09. The van der Waals surface area contributed by atoms with E-state index in [2.05, 4.69) is 20.6 Å². The predicted molar refractivity (Wildman–Crippen MR) is 89.9 cm³/mol. The summed E-state index contributed by atoms with van der Waals surface area (Å²) in [6.07, 6.45) is 0.447. The highest BCUT2D eigenvalue weighted by atomic mass is 32.1. The molecular formula is C16H20F2N4S. The summed E-state index contributed by atoms with van der Waals surface area (Å²) in [5.74, 6) is -0.466. The smallest absolute Gasteiger partial charge is 0.191 e. The Balaban J connectivity index is 1.81. The lowest BCUT2D eigenvalue weighted by molar-refractivity contribution is 0.570. The first kappa shape index (κ1) is 17.3. The lowest BCUT2D eigenvalue weighted by atomic mass is 10.1. The lowest BCUT2D eigenvalue weighted by Gasteiger charge is -2.11. The fourth-order valence-electron chi connectivity index (χ4n) is 2.03. The molecular weight excluding hydrogens is 318 g/mol. The van der Waals surface area contributed by atoms with E-state index < -0.39 is 11.6 Å². The molecule has 1 aromatic heterocycles. The van der Waals surface area contributed by atoms with Crippen LogP contribution in [0.4, 0.5) is 8.78 Å². The van der Waals surface area contributed by atoms with Crippen molar-refractivity contribution in [2.45, 2.75) is 26.8 Å². The summed E-state index contributed by atoms with van der Waals surface area (Å²) in [6, 6.07) is 3.62. The fourth-order valence-corrected chi connectivity index (χ4v) is 2.91. The average Bonchev–Trinajstić information content (AvgIpc) is 2.83. The third kappa shape index (κ3) is 4.99. The van der Waals surface area contributed by atoms with Crippen molar-refractivity contribution in [2.75, 3.05) is 13.6 Å². The monoisotopic (exact) mass is 338 g/mol. The van der Waals surface area contributed by atoms with Crippen molar-refractivity contribution in [2.24, 2.45) is 4.99 Å². The van der Waals surface area contributed by atoms with Gasteiger partial charge in [0.1, 0.15) is 16.6 Å². The highest BCUT2D eigenvalue weighted by Gasteiger charge is 2.06. The number of aromatic nitrogens is 1. The van der Waals surface area contributed by atoms with E-state index in [1.165, 1.54) is 17.0 Å². The average molecular weight is 338 g/mol. The van der Waals surface area contributed by atoms with Crippen molar-refractivity contribution in [3.63, 3.8) is 0 Å². The van der Waals surface area contributed by atoms with Crippen LogP contribution in [0.2, 0.25) is 0 Å². The Morgan fingerprint density at radius 2 is 2.04 bits per heavy atom. The molecule has 2 N–H and O–H groups in total. The molecule has 0 fully saturated rings. The molecule has 0 saturated carbocycles. The highest BCUT2D eigenvalue weighted by molar-refractivity contribution is 7.11. The van der Waals surface area contributed by atoms with E-state index in [9.17, 15) is 8.78 Å². The zero-order chi connectivity index (χ0) is 16.8. The molecule has 1 aromatic carbocycles. The summed E-state index contributed by atoms with van der Waals surface area (Å²) in [7, 11) is 1.67. The van der Waals surface area contributed by atoms with E-state index in [4.69, 9.17) is 0 Å². The Bertz CT molecular complexity index is 678. The Kier molecular flexibility index (Phi) is 6.04. The van der Waals surface area contributed by atoms with Crippen LogP contribution in [-0.4, -0.2) is 24.5 Å². The van der Waals surface area contributed by atoms with Crippen molar-refractivity contribution < 1.29 is 8.78 Å². The van der Waals surface area contributed by atoms with Gasteiger partial charge in [0.2, 0.25) is 0 Å². The van der Waals surface area contributed by atoms with Crippen molar-refractivity contribution >= 4 is 17.3 Å². The molecule has 0 aliphatic carbocycles. The minimum atomic E-state index is -0.564. The molecule has 0 bridgehead atoms. The number of halogens is 2. The zero-order valence-electron chi connectivity index (χ0n) is 13.4. The lowest BCUT2D eigenvalue weighted by Crippen LogP contribution is -2.37. The van der Waals surface area contributed by atoms with Gasteiger partial charge in [-0.1, -0.05) is 6.07 Å². The van der Waals surface area contributed by atoms with E-state index in [1.54, 1.807) is 18.4 Å². The molecule has 0 amide bonds. The molecule has 1 heterocycles. The second kappa shape index (κ2) is 8.01. The zero-order valence-corrected chi connectivity index (χ0v) is 14.2. The van der Waals surface area contributed by atoms with Gasteiger partial charge in [0, 0.05) is 24.5 Å². The van der Waals surface area contributed by atoms with Gasteiger partial charge >= 0.3 is 0 Å². The van der Waals surface area contributed by atoms with E-state index in [0.717, 1.165) is 16.8 Å². The van der Waals surface area contributed by atoms with E-state index in [0.29, 0.717) is 31.0 Å². The molecule has 0 aliphatic heterocycles. The summed E-state index contributed by atoms with van der Waals surface area (Å²) in [5, 5.41) is 7.27. The summed E-state index contributed by atoms with van der Waals surface area (Å²) in [4.78, 5) is 9.78. The molecule has 23 heavy (non-hydrogen) atoms. The maximum Gasteiger partial charge on any atom is 0.191 e. The van der Waals surface area contributed by atoms with Gasteiger partial charge in [-0.25, -0.2) is 13.8 Å². The summed E-state index contributed by atoms with van der Waals surface area (Å²) in [6.45, 7) is 5.11. The molecule has 0 spiro atoms. The van der Waals surface area contributed by atoms with Crippen LogP contribution in [0.25, 0.3) is 0 Å². The number of nitrogens with zero attached hydrogens (tertiary/aromatic N) is 2. The van der Waals surface area contributed by atoms with Gasteiger partial charge in [-0.15, -0.1) is 11.3 Å². The third-order valence-corrected chi connectivity index (χ3v) is 4.48. The summed E-state index contributed by atoms with van der Waals surface area (Å²) in [5.41, 5.74) is 1.52. The van der Waals surface area contributed by atoms with Crippen LogP contribution < -0.4 is 10.6 Å². The number of thiazole rings is 1. The SMILES string of the molecule is CN=C(NCCc1ccc(F)cc1F)NCc1nc(C)c(C)s1. The maximum atomic E-state index is 13.5. The fraction of sp³-hybridized carbons (Fsp3) is 0.375. The van der Waals surface area contributed by atoms with Crippen LogP contribution in [0.5, 0.6) is 0 Å². The number of guanidine groups is 1. The van der Waals surface area contributed by atoms with Crippen molar-refractivity contribution in [3.8, 4) is 0 Å². The van der Waals surface area contributed by atoms with Crippen LogP contribution in [0.15, 0.2) is 23.2 Å². The first-order chi connectivity index (χ1) is 11.0. The maximum absolute atomic E-state index is 13.5. The molecule has 0 aliphatic rings. The number of aryl methyl sites for hydroxylation is 2. The molecule has 2 aromatic rings. The molecule has 4 nitrogen and oxygen atoms in total. The number of nitrogens with one attached hydrogen (secondary N) is 2. The minimum absolute atomic E-state index is 0.447. The standard InChI is InChI=1S/C16H20F2N4S/c1-10-11(2)23-15(22-10)9-21-16(19-3)20-7-6-12-4-5-13(17)8-14(12)18/h4-5,8H,6-7,9H2,1-3H3,(H2,19,20,21). The predicted octanol–water partition coefficient (Wildman–Crippen LogP) is 2.95. The number of hydrogen-bond donors (Lipinski definition) is 2. The molecule has 0 atom stereocenters. The summed E-state index contributed by atoms with van der Waals surface area (Å²) < 4.78 is 26.4. The number of benzene rings is 1. The van der Waals surface area contributed by atoms with E-state index in [1.807, 2.05) is 13.8 Å². The normalized spacial score (nSPS) is 11.6. The van der Waals surface area contributed by atoms with Crippen LogP contribution in [-0.2, 0) is 13.0 Å².